The van der Waals surface area contributed by atoms with Crippen molar-refractivity contribution in [1.29, 1.82) is 0 Å². The number of nitrogens with zero attached hydrogens (tertiary/aromatic N) is 2. The highest BCUT2D eigenvalue weighted by atomic mass is 19.4. The van der Waals surface area contributed by atoms with Crippen LogP contribution in [0.4, 0.5) is 18.9 Å². The summed E-state index contributed by atoms with van der Waals surface area (Å²) in [5.74, 6) is 0. The van der Waals surface area contributed by atoms with E-state index in [0.29, 0.717) is 0 Å². The van der Waals surface area contributed by atoms with Gasteiger partial charge in [0, 0.05) is 0 Å². The molecule has 0 fully saturated rings. The number of aryl methyl sites for hydroxylation is 1. The minimum Gasteiger partial charge on any atom is -0.148 e. The van der Waals surface area contributed by atoms with E-state index in [1.54, 1.807) is 12.1 Å². The zero-order chi connectivity index (χ0) is 9.90. The monoisotopic (exact) mass is 188 g/mol. The number of rotatable bonds is 1. The Bertz CT molecular complexity index is 300. The second kappa shape index (κ2) is 3.55. The van der Waals surface area contributed by atoms with E-state index in [0.717, 1.165) is 5.56 Å². The summed E-state index contributed by atoms with van der Waals surface area (Å²) in [6.07, 6.45) is -4.59. The fourth-order valence-corrected chi connectivity index (χ4v) is 0.726. The van der Waals surface area contributed by atoms with Crippen molar-refractivity contribution in [3.05, 3.63) is 29.8 Å². The Kier molecular flexibility index (Phi) is 2.65. The molecule has 0 aliphatic heterocycles. The summed E-state index contributed by atoms with van der Waals surface area (Å²) >= 11 is 0. The van der Waals surface area contributed by atoms with Crippen LogP contribution in [0.2, 0.25) is 0 Å². The molecule has 0 unspecified atom stereocenters. The van der Waals surface area contributed by atoms with Crippen molar-refractivity contribution in [3.63, 3.8) is 0 Å². The minimum atomic E-state index is -4.59. The molecular weight excluding hydrogens is 181 g/mol. The molecule has 1 aromatic rings. The molecule has 0 aromatic heterocycles. The maximum atomic E-state index is 11.6. The molecule has 0 aliphatic rings. The summed E-state index contributed by atoms with van der Waals surface area (Å²) in [5, 5.41) is 5.20. The van der Waals surface area contributed by atoms with Crippen LogP contribution in [0.15, 0.2) is 34.5 Å². The maximum absolute atomic E-state index is 11.6. The predicted octanol–water partition coefficient (Wildman–Crippen LogP) is 3.60. The third kappa shape index (κ3) is 3.68. The van der Waals surface area contributed by atoms with Crippen LogP contribution in [-0.2, 0) is 0 Å². The lowest BCUT2D eigenvalue weighted by atomic mass is 10.2. The van der Waals surface area contributed by atoms with E-state index in [1.807, 2.05) is 6.92 Å². The Morgan fingerprint density at radius 2 is 1.62 bits per heavy atom. The highest BCUT2D eigenvalue weighted by molar-refractivity contribution is 5.37. The first kappa shape index (κ1) is 9.70. The Morgan fingerprint density at radius 1 is 1.08 bits per heavy atom. The van der Waals surface area contributed by atoms with Crippen LogP contribution >= 0.6 is 0 Å². The second-order valence-corrected chi connectivity index (χ2v) is 2.50. The van der Waals surface area contributed by atoms with Crippen LogP contribution in [0.25, 0.3) is 0 Å². The Balaban J connectivity index is 2.75. The SMILES string of the molecule is Cc1ccc(/N=N\C(F)(F)F)cc1. The minimum absolute atomic E-state index is 0.197. The molecule has 0 N–H and O–H groups in total. The summed E-state index contributed by atoms with van der Waals surface area (Å²) in [7, 11) is 0. The van der Waals surface area contributed by atoms with Crippen molar-refractivity contribution in [2.24, 2.45) is 10.2 Å². The number of hydrogen-bond acceptors (Lipinski definition) is 2. The third-order valence-corrected chi connectivity index (χ3v) is 1.31. The lowest BCUT2D eigenvalue weighted by Crippen LogP contribution is -1.99. The molecule has 70 valence electrons. The van der Waals surface area contributed by atoms with Crippen molar-refractivity contribution >= 4 is 5.69 Å². The van der Waals surface area contributed by atoms with Crippen molar-refractivity contribution in [2.75, 3.05) is 0 Å². The van der Waals surface area contributed by atoms with Gasteiger partial charge >= 0.3 is 6.30 Å². The van der Waals surface area contributed by atoms with Crippen molar-refractivity contribution in [1.82, 2.24) is 0 Å². The lowest BCUT2D eigenvalue weighted by molar-refractivity contribution is -0.125. The van der Waals surface area contributed by atoms with Gasteiger partial charge in [-0.1, -0.05) is 22.8 Å². The zero-order valence-electron chi connectivity index (χ0n) is 6.84. The number of hydrogen-bond donors (Lipinski definition) is 0. The number of benzene rings is 1. The number of alkyl halides is 3. The second-order valence-electron chi connectivity index (χ2n) is 2.50. The fraction of sp³-hybridized carbons (Fsp3) is 0.250. The van der Waals surface area contributed by atoms with Gasteiger partial charge in [-0.05, 0) is 19.1 Å². The molecule has 13 heavy (non-hydrogen) atoms. The van der Waals surface area contributed by atoms with Gasteiger partial charge in [-0.15, -0.1) is 18.3 Å². The molecule has 2 nitrogen and oxygen atoms in total. The third-order valence-electron chi connectivity index (χ3n) is 1.31. The molecule has 5 heteroatoms. The lowest BCUT2D eigenvalue weighted by Gasteiger charge is -1.96. The molecule has 0 bridgehead atoms. The smallest absolute Gasteiger partial charge is 0.148 e. The highest BCUT2D eigenvalue weighted by Gasteiger charge is 2.26. The van der Waals surface area contributed by atoms with Gasteiger partial charge in [0.2, 0.25) is 0 Å². The van der Waals surface area contributed by atoms with Crippen molar-refractivity contribution in [2.45, 2.75) is 13.2 Å². The Morgan fingerprint density at radius 3 is 2.08 bits per heavy atom. The van der Waals surface area contributed by atoms with Crippen molar-refractivity contribution in [3.8, 4) is 0 Å². The first-order valence-corrected chi connectivity index (χ1v) is 3.54. The Labute approximate surface area is 73.1 Å². The normalized spacial score (nSPS) is 12.3. The quantitative estimate of drug-likeness (QED) is 0.475. The standard InChI is InChI=1S/C8H7F3N2/c1-6-2-4-7(5-3-6)12-13-8(9,10)11/h2-5H,1H3/b13-12-. The van der Waals surface area contributed by atoms with Crippen LogP contribution in [0.5, 0.6) is 0 Å². The van der Waals surface area contributed by atoms with Crippen LogP contribution < -0.4 is 0 Å². The van der Waals surface area contributed by atoms with Crippen LogP contribution in [0.3, 0.4) is 0 Å². The first-order chi connectivity index (χ1) is 5.97. The molecule has 0 amide bonds. The van der Waals surface area contributed by atoms with Gasteiger partial charge in [-0.25, -0.2) is 0 Å². The van der Waals surface area contributed by atoms with Crippen LogP contribution in [-0.4, -0.2) is 6.30 Å². The molecule has 0 aliphatic carbocycles. The first-order valence-electron chi connectivity index (χ1n) is 3.54. The molecule has 0 saturated carbocycles. The average Bonchev–Trinajstić information content (AvgIpc) is 2.02. The average molecular weight is 188 g/mol. The molecule has 0 saturated heterocycles. The summed E-state index contributed by atoms with van der Waals surface area (Å²) in [4.78, 5) is 0. The van der Waals surface area contributed by atoms with Crippen molar-refractivity contribution < 1.29 is 13.2 Å². The summed E-state index contributed by atoms with van der Waals surface area (Å²) in [5.41, 5.74) is 1.16. The number of halogens is 3. The van der Waals surface area contributed by atoms with Gasteiger partial charge in [0.15, 0.2) is 0 Å². The van der Waals surface area contributed by atoms with E-state index >= 15 is 0 Å². The van der Waals surface area contributed by atoms with E-state index in [9.17, 15) is 13.2 Å². The molecule has 0 heterocycles. The topological polar surface area (TPSA) is 24.7 Å². The highest BCUT2D eigenvalue weighted by Crippen LogP contribution is 2.20. The van der Waals surface area contributed by atoms with Gasteiger partial charge in [0.25, 0.3) is 0 Å². The van der Waals surface area contributed by atoms with E-state index in [1.165, 1.54) is 12.1 Å². The molecule has 1 rings (SSSR count). The molecule has 0 radical (unpaired) electrons. The summed E-state index contributed by atoms with van der Waals surface area (Å²) in [6.45, 7) is 1.84. The number of azo groups is 1. The summed E-state index contributed by atoms with van der Waals surface area (Å²) < 4.78 is 34.7. The molecule has 0 atom stereocenters. The van der Waals surface area contributed by atoms with Gasteiger partial charge in [-0.2, -0.15) is 0 Å². The van der Waals surface area contributed by atoms with E-state index in [4.69, 9.17) is 0 Å². The van der Waals surface area contributed by atoms with Gasteiger partial charge in [0.05, 0.1) is 5.69 Å². The van der Waals surface area contributed by atoms with E-state index in [2.05, 4.69) is 10.2 Å². The molecular formula is C8H7F3N2. The Hall–Kier alpha value is -1.39. The maximum Gasteiger partial charge on any atom is 0.521 e. The fourth-order valence-electron chi connectivity index (χ4n) is 0.726. The van der Waals surface area contributed by atoms with E-state index < -0.39 is 6.30 Å². The largest absolute Gasteiger partial charge is 0.521 e. The summed E-state index contributed by atoms with van der Waals surface area (Å²) in [6, 6.07) is 6.30. The van der Waals surface area contributed by atoms with Gasteiger partial charge in [-0.3, -0.25) is 0 Å². The molecule has 0 spiro atoms. The van der Waals surface area contributed by atoms with E-state index in [-0.39, 0.29) is 5.69 Å². The zero-order valence-corrected chi connectivity index (χ0v) is 6.84. The van der Waals surface area contributed by atoms with Crippen LogP contribution in [0, 0.1) is 6.92 Å². The van der Waals surface area contributed by atoms with Crippen LogP contribution in [0.1, 0.15) is 5.56 Å². The van der Waals surface area contributed by atoms with Gasteiger partial charge < -0.3 is 0 Å². The van der Waals surface area contributed by atoms with Gasteiger partial charge in [0.1, 0.15) is 0 Å². The molecule has 1 aromatic carbocycles. The predicted molar refractivity (Wildman–Crippen MR) is 41.8 cm³/mol.